The van der Waals surface area contributed by atoms with Gasteiger partial charge in [0.2, 0.25) is 0 Å². The predicted molar refractivity (Wildman–Crippen MR) is 36.7 cm³/mol. The summed E-state index contributed by atoms with van der Waals surface area (Å²) in [6, 6.07) is -0.932. The number of carbonyl (C=O) groups excluding carboxylic acids is 2. The normalized spacial score (nSPS) is 8.30. The molecule has 0 aromatic carbocycles. The first-order valence-corrected chi connectivity index (χ1v) is 2.78. The molecule has 0 aliphatic heterocycles. The molecule has 0 atom stereocenters. The first-order chi connectivity index (χ1) is 4.57. The van der Waals surface area contributed by atoms with Crippen LogP contribution in [-0.4, -0.2) is 38.1 Å². The Labute approximate surface area is 59.4 Å². The maximum absolute atomic E-state index is 10.7. The number of imide groups is 1. The molecule has 4 amide bonds. The molecule has 0 bridgehead atoms. The fourth-order valence-corrected chi connectivity index (χ4v) is 0.271. The zero-order valence-electron chi connectivity index (χ0n) is 6.26. The number of hydrogen-bond acceptors (Lipinski definition) is 2. The van der Waals surface area contributed by atoms with Gasteiger partial charge in [-0.3, -0.25) is 5.32 Å². The van der Waals surface area contributed by atoms with Gasteiger partial charge in [-0.2, -0.15) is 0 Å². The highest BCUT2D eigenvalue weighted by Gasteiger charge is 2.05. The van der Waals surface area contributed by atoms with Gasteiger partial charge in [0.15, 0.2) is 0 Å². The molecule has 0 aliphatic carbocycles. The van der Waals surface area contributed by atoms with Gasteiger partial charge in [-0.1, -0.05) is 0 Å². The summed E-state index contributed by atoms with van der Waals surface area (Å²) in [5, 5.41) is 4.32. The van der Waals surface area contributed by atoms with E-state index in [-0.39, 0.29) is 0 Å². The van der Waals surface area contributed by atoms with Crippen LogP contribution in [0.15, 0.2) is 0 Å². The van der Waals surface area contributed by atoms with Gasteiger partial charge in [0.05, 0.1) is 0 Å². The highest BCUT2D eigenvalue weighted by molar-refractivity contribution is 5.92. The minimum absolute atomic E-state index is 0.431. The predicted octanol–water partition coefficient (Wildman–Crippen LogP) is -0.403. The maximum atomic E-state index is 10.7. The minimum atomic E-state index is -0.501. The number of urea groups is 2. The Hall–Kier alpha value is -1.26. The molecule has 0 fully saturated rings. The molecule has 0 aliphatic rings. The van der Waals surface area contributed by atoms with E-state index >= 15 is 0 Å². The van der Waals surface area contributed by atoms with Crippen LogP contribution in [0, 0.1) is 0 Å². The molecule has 10 heavy (non-hydrogen) atoms. The van der Waals surface area contributed by atoms with Gasteiger partial charge in [-0.05, 0) is 0 Å². The van der Waals surface area contributed by atoms with Crippen LogP contribution in [0.2, 0.25) is 0 Å². The Morgan fingerprint density at radius 3 is 2.10 bits per heavy atom. The van der Waals surface area contributed by atoms with E-state index in [2.05, 4.69) is 10.6 Å². The van der Waals surface area contributed by atoms with Gasteiger partial charge in [-0.15, -0.1) is 0 Å². The average Bonchev–Trinajstić information content (AvgIpc) is 1.87. The molecule has 0 unspecified atom stereocenters. The Balaban J connectivity index is 3.69. The first kappa shape index (κ1) is 8.74. The third-order valence-corrected chi connectivity index (χ3v) is 0.854. The van der Waals surface area contributed by atoms with Gasteiger partial charge >= 0.3 is 12.1 Å². The summed E-state index contributed by atoms with van der Waals surface area (Å²) in [7, 11) is 4.55. The lowest BCUT2D eigenvalue weighted by atomic mass is 10.8. The van der Waals surface area contributed by atoms with E-state index in [1.807, 2.05) is 0 Å². The zero-order valence-corrected chi connectivity index (χ0v) is 6.26. The number of amides is 4. The highest BCUT2D eigenvalue weighted by Crippen LogP contribution is 1.74. The van der Waals surface area contributed by atoms with Crippen molar-refractivity contribution >= 4 is 12.1 Å². The SMILES string of the molecule is CNC(=O)NC(=O)N(C)C. The van der Waals surface area contributed by atoms with Crippen molar-refractivity contribution in [1.82, 2.24) is 15.5 Å². The standard InChI is InChI=1S/C5H11N3O2/c1-6-4(9)7-5(10)8(2)3/h1-3H3,(H2,6,7,9,10). The van der Waals surface area contributed by atoms with Crippen LogP contribution in [0.3, 0.4) is 0 Å². The Bertz CT molecular complexity index is 144. The lowest BCUT2D eigenvalue weighted by molar-refractivity contribution is 0.211. The molecule has 0 aromatic heterocycles. The first-order valence-electron chi connectivity index (χ1n) is 2.78. The number of nitrogens with one attached hydrogen (secondary N) is 2. The van der Waals surface area contributed by atoms with Crippen LogP contribution < -0.4 is 10.6 Å². The van der Waals surface area contributed by atoms with Crippen LogP contribution >= 0.6 is 0 Å². The van der Waals surface area contributed by atoms with Crippen molar-refractivity contribution in [2.24, 2.45) is 0 Å². The summed E-state index contributed by atoms with van der Waals surface area (Å²) in [6.07, 6.45) is 0. The van der Waals surface area contributed by atoms with E-state index < -0.39 is 12.1 Å². The van der Waals surface area contributed by atoms with Crippen LogP contribution in [0.1, 0.15) is 0 Å². The number of carbonyl (C=O) groups is 2. The molecular formula is C5H11N3O2. The second-order valence-corrected chi connectivity index (χ2v) is 1.90. The second kappa shape index (κ2) is 3.71. The van der Waals surface area contributed by atoms with Gasteiger partial charge < -0.3 is 10.2 Å². The van der Waals surface area contributed by atoms with Crippen LogP contribution in [0.25, 0.3) is 0 Å². The van der Waals surface area contributed by atoms with Crippen LogP contribution in [-0.2, 0) is 0 Å². The van der Waals surface area contributed by atoms with Crippen molar-refractivity contribution in [2.75, 3.05) is 21.1 Å². The quantitative estimate of drug-likeness (QED) is 0.487. The number of rotatable bonds is 0. The molecule has 5 heteroatoms. The van der Waals surface area contributed by atoms with Crippen molar-refractivity contribution in [1.29, 1.82) is 0 Å². The third kappa shape index (κ3) is 2.91. The summed E-state index contributed by atoms with van der Waals surface area (Å²) >= 11 is 0. The summed E-state index contributed by atoms with van der Waals surface area (Å²) in [4.78, 5) is 22.4. The van der Waals surface area contributed by atoms with Gasteiger partial charge in [-0.25, -0.2) is 9.59 Å². The topological polar surface area (TPSA) is 61.4 Å². The minimum Gasteiger partial charge on any atom is -0.341 e. The lowest BCUT2D eigenvalue weighted by Crippen LogP contribution is -2.42. The molecule has 0 aromatic rings. The largest absolute Gasteiger partial charge is 0.341 e. The van der Waals surface area contributed by atoms with Gasteiger partial charge in [0.25, 0.3) is 0 Å². The summed E-state index contributed by atoms with van der Waals surface area (Å²) in [5.74, 6) is 0. The van der Waals surface area contributed by atoms with Crippen molar-refractivity contribution < 1.29 is 9.59 Å². The number of hydrogen-bond donors (Lipinski definition) is 2. The van der Waals surface area contributed by atoms with E-state index in [4.69, 9.17) is 0 Å². The monoisotopic (exact) mass is 145 g/mol. The average molecular weight is 145 g/mol. The van der Waals surface area contributed by atoms with Crippen molar-refractivity contribution in [3.63, 3.8) is 0 Å². The van der Waals surface area contributed by atoms with E-state index in [1.54, 1.807) is 14.1 Å². The van der Waals surface area contributed by atoms with E-state index in [9.17, 15) is 9.59 Å². The molecule has 0 rings (SSSR count). The van der Waals surface area contributed by atoms with Gasteiger partial charge in [0.1, 0.15) is 0 Å². The Kier molecular flexibility index (Phi) is 3.24. The molecule has 0 saturated heterocycles. The second-order valence-electron chi connectivity index (χ2n) is 1.90. The lowest BCUT2D eigenvalue weighted by Gasteiger charge is -2.09. The van der Waals surface area contributed by atoms with E-state index in [0.717, 1.165) is 0 Å². The molecule has 58 valence electrons. The molecule has 0 radical (unpaired) electrons. The van der Waals surface area contributed by atoms with Crippen molar-refractivity contribution in [3.8, 4) is 0 Å². The fraction of sp³-hybridized carbons (Fsp3) is 0.600. The van der Waals surface area contributed by atoms with E-state index in [0.29, 0.717) is 0 Å². The van der Waals surface area contributed by atoms with Gasteiger partial charge in [0, 0.05) is 21.1 Å². The molecular weight excluding hydrogens is 134 g/mol. The van der Waals surface area contributed by atoms with E-state index in [1.165, 1.54) is 11.9 Å². The third-order valence-electron chi connectivity index (χ3n) is 0.854. The summed E-state index contributed by atoms with van der Waals surface area (Å²) in [5.41, 5.74) is 0. The smallest absolute Gasteiger partial charge is 0.324 e. The van der Waals surface area contributed by atoms with Crippen molar-refractivity contribution in [2.45, 2.75) is 0 Å². The van der Waals surface area contributed by atoms with Crippen LogP contribution in [0.5, 0.6) is 0 Å². The fourth-order valence-electron chi connectivity index (χ4n) is 0.271. The molecule has 0 spiro atoms. The maximum Gasteiger partial charge on any atom is 0.324 e. The number of nitrogens with zero attached hydrogens (tertiary/aromatic N) is 1. The Morgan fingerprint density at radius 2 is 1.80 bits per heavy atom. The van der Waals surface area contributed by atoms with Crippen molar-refractivity contribution in [3.05, 3.63) is 0 Å². The zero-order chi connectivity index (χ0) is 8.15. The molecule has 5 nitrogen and oxygen atoms in total. The molecule has 0 saturated carbocycles. The van der Waals surface area contributed by atoms with Crippen LogP contribution in [0.4, 0.5) is 9.59 Å². The highest BCUT2D eigenvalue weighted by atomic mass is 16.2. The molecule has 0 heterocycles. The summed E-state index contributed by atoms with van der Waals surface area (Å²) < 4.78 is 0. The summed E-state index contributed by atoms with van der Waals surface area (Å²) in [6.45, 7) is 0. The Morgan fingerprint density at radius 1 is 1.30 bits per heavy atom. The molecule has 2 N–H and O–H groups in total.